The molecule has 1 aliphatic heterocycles. The lowest BCUT2D eigenvalue weighted by Crippen LogP contribution is -2.45. The average molecular weight is 317 g/mol. The number of aliphatic hydroxyl groups is 1. The molecule has 2 atom stereocenters. The van der Waals surface area contributed by atoms with E-state index in [1.165, 1.54) is 5.56 Å². The van der Waals surface area contributed by atoms with Crippen molar-refractivity contribution in [2.24, 2.45) is 11.8 Å². The number of carbonyl (C=O) groups is 1. The number of hydrogen-bond acceptors (Lipinski definition) is 3. The lowest BCUT2D eigenvalue weighted by molar-refractivity contribution is -0.131. The predicted octanol–water partition coefficient (Wildman–Crippen LogP) is 2.47. The normalized spacial score (nSPS) is 31.5. The van der Waals surface area contributed by atoms with Gasteiger partial charge in [0, 0.05) is 19.3 Å². The topological polar surface area (TPSA) is 58.6 Å². The Kier molecular flexibility index (Phi) is 5.68. The third-order valence-electron chi connectivity index (χ3n) is 5.37. The summed E-state index contributed by atoms with van der Waals surface area (Å²) in [7, 11) is 0. The molecule has 0 aromatic heterocycles. The summed E-state index contributed by atoms with van der Waals surface area (Å²) in [4.78, 5) is 12.8. The highest BCUT2D eigenvalue weighted by atomic mass is 16.5. The van der Waals surface area contributed by atoms with Gasteiger partial charge in [-0.25, -0.2) is 0 Å². The van der Waals surface area contributed by atoms with Crippen molar-refractivity contribution in [3.05, 3.63) is 35.9 Å². The van der Waals surface area contributed by atoms with Crippen LogP contribution in [0.1, 0.15) is 43.6 Å². The first-order valence-corrected chi connectivity index (χ1v) is 8.82. The van der Waals surface area contributed by atoms with Gasteiger partial charge in [-0.1, -0.05) is 30.3 Å². The minimum Gasteiger partial charge on any atom is -0.396 e. The van der Waals surface area contributed by atoms with Crippen molar-refractivity contribution in [1.82, 2.24) is 5.32 Å². The molecule has 0 spiro atoms. The van der Waals surface area contributed by atoms with Gasteiger partial charge in [-0.15, -0.1) is 0 Å². The van der Waals surface area contributed by atoms with Gasteiger partial charge in [-0.3, -0.25) is 4.79 Å². The SMILES string of the molecule is O=C(NC1CCC(CO)CC1)[C@@H]1COCC[C@@H]1c1ccccc1. The first-order valence-electron chi connectivity index (χ1n) is 8.82. The largest absolute Gasteiger partial charge is 0.396 e. The molecule has 1 aliphatic carbocycles. The molecule has 23 heavy (non-hydrogen) atoms. The fraction of sp³-hybridized carbons (Fsp3) is 0.632. The van der Waals surface area contributed by atoms with Crippen molar-refractivity contribution >= 4 is 5.91 Å². The van der Waals surface area contributed by atoms with E-state index in [-0.39, 0.29) is 30.4 Å². The Morgan fingerprint density at radius 3 is 2.57 bits per heavy atom. The quantitative estimate of drug-likeness (QED) is 0.897. The summed E-state index contributed by atoms with van der Waals surface area (Å²) in [6.07, 6.45) is 4.86. The minimum absolute atomic E-state index is 0.0956. The summed E-state index contributed by atoms with van der Waals surface area (Å²) in [5, 5.41) is 12.5. The van der Waals surface area contributed by atoms with Gasteiger partial charge >= 0.3 is 0 Å². The molecule has 2 N–H and O–H groups in total. The monoisotopic (exact) mass is 317 g/mol. The summed E-state index contributed by atoms with van der Waals surface area (Å²) in [6.45, 7) is 1.51. The summed E-state index contributed by atoms with van der Waals surface area (Å²) >= 11 is 0. The lowest BCUT2D eigenvalue weighted by Gasteiger charge is -2.34. The number of nitrogens with one attached hydrogen (secondary N) is 1. The maximum atomic E-state index is 12.8. The van der Waals surface area contributed by atoms with Gasteiger partial charge < -0.3 is 15.2 Å². The van der Waals surface area contributed by atoms with Crippen LogP contribution in [0.3, 0.4) is 0 Å². The number of benzene rings is 1. The van der Waals surface area contributed by atoms with Crippen molar-refractivity contribution in [2.75, 3.05) is 19.8 Å². The Morgan fingerprint density at radius 1 is 1.13 bits per heavy atom. The van der Waals surface area contributed by atoms with Gasteiger partial charge in [0.25, 0.3) is 0 Å². The number of carbonyl (C=O) groups excluding carboxylic acids is 1. The fourth-order valence-electron chi connectivity index (χ4n) is 3.89. The fourth-order valence-corrected chi connectivity index (χ4v) is 3.89. The van der Waals surface area contributed by atoms with Crippen LogP contribution in [-0.4, -0.2) is 36.9 Å². The van der Waals surface area contributed by atoms with Crippen molar-refractivity contribution in [2.45, 2.75) is 44.1 Å². The first kappa shape index (κ1) is 16.5. The maximum Gasteiger partial charge on any atom is 0.226 e. The Balaban J connectivity index is 1.61. The van der Waals surface area contributed by atoms with Crippen LogP contribution in [0.5, 0.6) is 0 Å². The summed E-state index contributed by atoms with van der Waals surface area (Å²) in [5.74, 6) is 0.699. The van der Waals surface area contributed by atoms with Crippen LogP contribution < -0.4 is 5.32 Å². The Hall–Kier alpha value is -1.39. The Labute approximate surface area is 138 Å². The predicted molar refractivity (Wildman–Crippen MR) is 89.1 cm³/mol. The zero-order chi connectivity index (χ0) is 16.1. The van der Waals surface area contributed by atoms with Gasteiger partial charge in [-0.2, -0.15) is 0 Å². The van der Waals surface area contributed by atoms with Crippen LogP contribution in [0.2, 0.25) is 0 Å². The molecule has 2 aliphatic rings. The first-order chi connectivity index (χ1) is 11.3. The molecule has 1 saturated heterocycles. The number of amides is 1. The summed E-state index contributed by atoms with van der Waals surface area (Å²) < 4.78 is 5.58. The molecule has 1 amide bonds. The number of ether oxygens (including phenoxy) is 1. The molecule has 4 nitrogen and oxygen atoms in total. The smallest absolute Gasteiger partial charge is 0.226 e. The second-order valence-electron chi connectivity index (χ2n) is 6.90. The van der Waals surface area contributed by atoms with Crippen LogP contribution in [-0.2, 0) is 9.53 Å². The van der Waals surface area contributed by atoms with Crippen LogP contribution >= 0.6 is 0 Å². The van der Waals surface area contributed by atoms with Gasteiger partial charge in [0.1, 0.15) is 0 Å². The average Bonchev–Trinajstić information content (AvgIpc) is 2.63. The zero-order valence-corrected chi connectivity index (χ0v) is 13.6. The lowest BCUT2D eigenvalue weighted by atomic mass is 9.81. The van der Waals surface area contributed by atoms with Gasteiger partial charge in [0.05, 0.1) is 12.5 Å². The molecule has 0 unspecified atom stereocenters. The van der Waals surface area contributed by atoms with E-state index < -0.39 is 0 Å². The molecular weight excluding hydrogens is 290 g/mol. The van der Waals surface area contributed by atoms with Crippen LogP contribution in [0.25, 0.3) is 0 Å². The molecule has 1 saturated carbocycles. The van der Waals surface area contributed by atoms with Crippen LogP contribution in [0, 0.1) is 11.8 Å². The molecule has 3 rings (SSSR count). The molecule has 2 fully saturated rings. The number of rotatable bonds is 4. The number of aliphatic hydroxyl groups excluding tert-OH is 1. The molecule has 0 bridgehead atoms. The van der Waals surface area contributed by atoms with E-state index >= 15 is 0 Å². The van der Waals surface area contributed by atoms with Crippen molar-refractivity contribution in [3.8, 4) is 0 Å². The Bertz CT molecular complexity index is 497. The van der Waals surface area contributed by atoms with Crippen LogP contribution in [0.15, 0.2) is 30.3 Å². The molecule has 1 heterocycles. The molecule has 1 aromatic carbocycles. The highest BCUT2D eigenvalue weighted by Crippen LogP contribution is 2.32. The van der Waals surface area contributed by atoms with Gasteiger partial charge in [0.2, 0.25) is 5.91 Å². The van der Waals surface area contributed by atoms with Crippen molar-refractivity contribution < 1.29 is 14.6 Å². The highest BCUT2D eigenvalue weighted by molar-refractivity contribution is 5.80. The van der Waals surface area contributed by atoms with Gasteiger partial charge in [-0.05, 0) is 49.5 Å². The third kappa shape index (κ3) is 4.12. The van der Waals surface area contributed by atoms with Crippen molar-refractivity contribution in [3.63, 3.8) is 0 Å². The number of hydrogen-bond donors (Lipinski definition) is 2. The summed E-state index contributed by atoms with van der Waals surface area (Å²) in [5.41, 5.74) is 1.24. The zero-order valence-electron chi connectivity index (χ0n) is 13.6. The van der Waals surface area contributed by atoms with Gasteiger partial charge in [0.15, 0.2) is 0 Å². The Morgan fingerprint density at radius 2 is 1.87 bits per heavy atom. The molecule has 1 aromatic rings. The second-order valence-corrected chi connectivity index (χ2v) is 6.90. The molecular formula is C19H27NO3. The molecule has 0 radical (unpaired) electrons. The van der Waals surface area contributed by atoms with E-state index in [1.54, 1.807) is 0 Å². The van der Waals surface area contributed by atoms with E-state index in [1.807, 2.05) is 18.2 Å². The maximum absolute atomic E-state index is 12.8. The van der Waals surface area contributed by atoms with E-state index in [0.717, 1.165) is 38.7 Å². The van der Waals surface area contributed by atoms with E-state index in [0.29, 0.717) is 12.5 Å². The third-order valence-corrected chi connectivity index (χ3v) is 5.37. The van der Waals surface area contributed by atoms with Crippen molar-refractivity contribution in [1.29, 1.82) is 0 Å². The second kappa shape index (κ2) is 7.93. The highest BCUT2D eigenvalue weighted by Gasteiger charge is 2.34. The summed E-state index contributed by atoms with van der Waals surface area (Å²) in [6, 6.07) is 10.6. The van der Waals surface area contributed by atoms with E-state index in [9.17, 15) is 9.90 Å². The standard InChI is InChI=1S/C19H27NO3/c21-12-14-6-8-16(9-7-14)20-19(22)18-13-23-11-10-17(18)15-4-2-1-3-5-15/h1-5,14,16-18,21H,6-13H2,(H,20,22)/t14?,16?,17-,18-/m1/s1. The van der Waals surface area contributed by atoms with E-state index in [4.69, 9.17) is 4.74 Å². The minimum atomic E-state index is -0.0956. The molecule has 4 heteroatoms. The van der Waals surface area contributed by atoms with E-state index in [2.05, 4.69) is 17.4 Å². The molecule has 126 valence electrons. The van der Waals surface area contributed by atoms with Crippen LogP contribution in [0.4, 0.5) is 0 Å².